The van der Waals surface area contributed by atoms with Crippen LogP contribution in [-0.2, 0) is 21.5 Å². The Hall–Kier alpha value is -4.26. The van der Waals surface area contributed by atoms with Crippen LogP contribution in [0.25, 0.3) is 12.2 Å². The van der Waals surface area contributed by atoms with Gasteiger partial charge in [-0.05, 0) is 59.0 Å². The van der Waals surface area contributed by atoms with E-state index in [4.69, 9.17) is 4.74 Å². The number of carbonyl (C=O) groups excluding carboxylic acids is 1. The monoisotopic (exact) mass is 607 g/mol. The molecule has 228 valence electrons. The second-order valence-electron chi connectivity index (χ2n) is 10.5. The molecule has 2 heterocycles. The number of methoxy groups -OCH3 is 1. The zero-order valence-corrected chi connectivity index (χ0v) is 25.3. The first-order chi connectivity index (χ1) is 20.6. The van der Waals surface area contributed by atoms with Crippen molar-refractivity contribution >= 4 is 39.9 Å². The topological polar surface area (TPSA) is 141 Å². The summed E-state index contributed by atoms with van der Waals surface area (Å²) in [5.41, 5.74) is 4.04. The summed E-state index contributed by atoms with van der Waals surface area (Å²) in [5, 5.41) is 12.2. The molecule has 0 saturated carbocycles. The molecule has 4 rings (SSSR count). The Bertz CT molecular complexity index is 1530. The summed E-state index contributed by atoms with van der Waals surface area (Å²) >= 11 is 0. The van der Waals surface area contributed by atoms with Crippen molar-refractivity contribution in [3.63, 3.8) is 0 Å². The summed E-state index contributed by atoms with van der Waals surface area (Å²) in [7, 11) is -2.31. The first-order valence-electron chi connectivity index (χ1n) is 14.0. The van der Waals surface area contributed by atoms with Crippen molar-refractivity contribution in [2.24, 2.45) is 5.92 Å². The van der Waals surface area contributed by atoms with Crippen LogP contribution in [0.5, 0.6) is 5.75 Å². The van der Waals surface area contributed by atoms with Crippen LogP contribution >= 0.6 is 0 Å². The van der Waals surface area contributed by atoms with Gasteiger partial charge in [-0.25, -0.2) is 0 Å². The highest BCUT2D eigenvalue weighted by Crippen LogP contribution is 2.20. The van der Waals surface area contributed by atoms with Crippen LogP contribution < -0.4 is 19.7 Å². The Morgan fingerprint density at radius 3 is 2.23 bits per heavy atom. The average molecular weight is 608 g/mol. The van der Waals surface area contributed by atoms with Crippen molar-refractivity contribution in [2.75, 3.05) is 38.2 Å². The lowest BCUT2D eigenvalue weighted by Crippen LogP contribution is -2.55. The molecule has 0 aliphatic carbocycles. The normalized spacial score (nSPS) is 15.0. The highest BCUT2D eigenvalue weighted by molar-refractivity contribution is 7.87. The molecule has 1 aromatic heterocycles. The number of benzene rings is 2. The van der Waals surface area contributed by atoms with Gasteiger partial charge in [0.15, 0.2) is 0 Å². The van der Waals surface area contributed by atoms with Gasteiger partial charge in [-0.2, -0.15) is 17.4 Å². The maximum atomic E-state index is 12.7. The van der Waals surface area contributed by atoms with Crippen molar-refractivity contribution < 1.29 is 27.9 Å². The summed E-state index contributed by atoms with van der Waals surface area (Å²) < 4.78 is 34.3. The molecule has 43 heavy (non-hydrogen) atoms. The van der Waals surface area contributed by atoms with Crippen LogP contribution in [0.15, 0.2) is 66.9 Å². The van der Waals surface area contributed by atoms with E-state index in [9.17, 15) is 23.1 Å². The molecule has 2 aromatic carbocycles. The predicted molar refractivity (Wildman–Crippen MR) is 166 cm³/mol. The Balaban J connectivity index is 1.30. The third-order valence-electron chi connectivity index (χ3n) is 7.14. The third kappa shape index (κ3) is 8.63. The molecule has 1 aliphatic rings. The molecule has 3 N–H and O–H groups in total. The smallest absolute Gasteiger partial charge is 0.322 e. The first-order valence-corrected chi connectivity index (χ1v) is 15.4. The van der Waals surface area contributed by atoms with E-state index in [1.165, 1.54) is 4.31 Å². The maximum absolute atomic E-state index is 12.7. The minimum absolute atomic E-state index is 0.249. The van der Waals surface area contributed by atoms with E-state index in [1.54, 1.807) is 33.2 Å². The van der Waals surface area contributed by atoms with Crippen molar-refractivity contribution in [1.82, 2.24) is 19.3 Å². The van der Waals surface area contributed by atoms with Crippen LogP contribution in [0, 0.1) is 5.92 Å². The number of carboxylic acids is 1. The van der Waals surface area contributed by atoms with Gasteiger partial charge in [0.05, 0.1) is 7.11 Å². The number of hydrogen-bond acceptors (Lipinski definition) is 7. The molecule has 12 heteroatoms. The molecule has 11 nitrogen and oxygen atoms in total. The van der Waals surface area contributed by atoms with Gasteiger partial charge in [-0.15, -0.1) is 0 Å². The lowest BCUT2D eigenvalue weighted by atomic mass is 10.1. The van der Waals surface area contributed by atoms with Crippen LogP contribution in [0.3, 0.4) is 0 Å². The van der Waals surface area contributed by atoms with E-state index in [0.717, 1.165) is 28.1 Å². The average Bonchev–Trinajstić information content (AvgIpc) is 3.02. The van der Waals surface area contributed by atoms with Crippen molar-refractivity contribution in [2.45, 2.75) is 26.4 Å². The first kappa shape index (κ1) is 31.7. The number of aromatic nitrogens is 1. The minimum atomic E-state index is -3.91. The Labute approximate surface area is 252 Å². The van der Waals surface area contributed by atoms with Crippen LogP contribution in [0.4, 0.5) is 5.69 Å². The number of rotatable bonds is 12. The van der Waals surface area contributed by atoms with Gasteiger partial charge < -0.3 is 20.1 Å². The molecular weight excluding hydrogens is 570 g/mol. The standard InChI is InChI=1S/C31H37N5O6S/c1-22(2)29(31(38)39)34-43(40,41)36-18-16-35(17-19-36)26-10-6-23(7-11-26)4-5-24-14-15-32-28(20-24)30(37)33-21-25-8-12-27(42-3)13-9-25/h4-15,20,22,29,34H,16-19,21H2,1-3H3,(H,33,37)(H,38,39)/t29-/m1/s1. The Morgan fingerprint density at radius 2 is 1.63 bits per heavy atom. The molecule has 0 unspecified atom stereocenters. The zero-order chi connectivity index (χ0) is 31.0. The molecule has 1 amide bonds. The van der Waals surface area contributed by atoms with Crippen molar-refractivity contribution in [3.05, 3.63) is 89.2 Å². The number of piperazine rings is 1. The number of hydrogen-bond donors (Lipinski definition) is 3. The zero-order valence-electron chi connectivity index (χ0n) is 24.4. The second-order valence-corrected chi connectivity index (χ2v) is 12.2. The number of pyridine rings is 1. The van der Waals surface area contributed by atoms with E-state index in [0.29, 0.717) is 25.3 Å². The van der Waals surface area contributed by atoms with E-state index >= 15 is 0 Å². The maximum Gasteiger partial charge on any atom is 0.322 e. The molecule has 1 atom stereocenters. The lowest BCUT2D eigenvalue weighted by Gasteiger charge is -2.36. The molecule has 1 aliphatic heterocycles. The van der Waals surface area contributed by atoms with Gasteiger partial charge in [0.1, 0.15) is 17.5 Å². The third-order valence-corrected chi connectivity index (χ3v) is 8.74. The van der Waals surface area contributed by atoms with Crippen LogP contribution in [-0.4, -0.2) is 74.0 Å². The molecule has 3 aromatic rings. The quantitative estimate of drug-likeness (QED) is 0.285. The molecule has 0 spiro atoms. The highest BCUT2D eigenvalue weighted by Gasteiger charge is 2.32. The number of carbonyl (C=O) groups is 2. The van der Waals surface area contributed by atoms with Crippen molar-refractivity contribution in [1.29, 1.82) is 0 Å². The largest absolute Gasteiger partial charge is 0.497 e. The van der Waals surface area contributed by atoms with Gasteiger partial charge in [0.2, 0.25) is 0 Å². The summed E-state index contributed by atoms with van der Waals surface area (Å²) in [6.07, 6.45) is 5.46. The molecular formula is C31H37N5O6S. The minimum Gasteiger partial charge on any atom is -0.497 e. The summed E-state index contributed by atoms with van der Waals surface area (Å²) in [4.78, 5) is 30.4. The molecule has 0 bridgehead atoms. The summed E-state index contributed by atoms with van der Waals surface area (Å²) in [6.45, 7) is 5.17. The number of anilines is 1. The van der Waals surface area contributed by atoms with Crippen LogP contribution in [0.1, 0.15) is 41.0 Å². The van der Waals surface area contributed by atoms with Crippen molar-refractivity contribution in [3.8, 4) is 5.75 Å². The van der Waals surface area contributed by atoms with E-state index < -0.39 is 22.2 Å². The molecule has 1 saturated heterocycles. The fourth-order valence-corrected chi connectivity index (χ4v) is 6.06. The van der Waals surface area contributed by atoms with Crippen LogP contribution in [0.2, 0.25) is 0 Å². The van der Waals surface area contributed by atoms with Gasteiger partial charge >= 0.3 is 5.97 Å². The number of carboxylic acid groups (broad SMARTS) is 1. The SMILES string of the molecule is COc1ccc(CNC(=O)c2cc(C=Cc3ccc(N4CCN(S(=O)(=O)N[C@@H](C(=O)O)C(C)C)CC4)cc3)ccn2)cc1. The molecule has 1 fully saturated rings. The van der Waals surface area contributed by atoms with Gasteiger partial charge in [-0.3, -0.25) is 14.6 Å². The summed E-state index contributed by atoms with van der Waals surface area (Å²) in [5.74, 6) is -1.08. The number of nitrogens with one attached hydrogen (secondary N) is 2. The van der Waals surface area contributed by atoms with E-state index in [1.807, 2.05) is 66.7 Å². The fourth-order valence-electron chi connectivity index (χ4n) is 4.57. The summed E-state index contributed by atoms with van der Waals surface area (Å²) in [6, 6.07) is 17.8. The molecule has 0 radical (unpaired) electrons. The van der Waals surface area contributed by atoms with Gasteiger partial charge in [-0.1, -0.05) is 50.3 Å². The number of ether oxygens (including phenoxy) is 1. The predicted octanol–water partition coefficient (Wildman–Crippen LogP) is 3.26. The van der Waals surface area contributed by atoms with E-state index in [-0.39, 0.29) is 24.9 Å². The number of nitrogens with zero attached hydrogens (tertiary/aromatic N) is 3. The van der Waals surface area contributed by atoms with Gasteiger partial charge in [0.25, 0.3) is 16.1 Å². The second kappa shape index (κ2) is 14.3. The number of aliphatic carboxylic acids is 1. The Morgan fingerprint density at radius 1 is 0.977 bits per heavy atom. The van der Waals surface area contributed by atoms with Gasteiger partial charge in [0, 0.05) is 44.6 Å². The lowest BCUT2D eigenvalue weighted by molar-refractivity contribution is -0.140. The van der Waals surface area contributed by atoms with E-state index in [2.05, 4.69) is 19.9 Å². The number of amides is 1. The fraction of sp³-hybridized carbons (Fsp3) is 0.323. The Kier molecular flexibility index (Phi) is 10.5. The highest BCUT2D eigenvalue weighted by atomic mass is 32.2.